The van der Waals surface area contributed by atoms with Gasteiger partial charge in [-0.15, -0.1) is 0 Å². The number of nitrogens with two attached hydrogens (primary N) is 1. The molecule has 0 bridgehead atoms. The predicted molar refractivity (Wildman–Crippen MR) is 72.1 cm³/mol. The molecule has 2 aromatic rings. The van der Waals surface area contributed by atoms with Gasteiger partial charge < -0.3 is 10.3 Å². The van der Waals surface area contributed by atoms with Crippen LogP contribution in [0.15, 0.2) is 34.9 Å². The number of hydrogen-bond acceptors (Lipinski definition) is 3. The lowest BCUT2D eigenvalue weighted by Gasteiger charge is -2.13. The van der Waals surface area contributed by atoms with E-state index in [1.807, 2.05) is 18.2 Å². The minimum absolute atomic E-state index is 0.440. The number of nitrogens with zero attached hydrogens (tertiary/aromatic N) is 1. The molecule has 1 aliphatic rings. The van der Waals surface area contributed by atoms with Crippen molar-refractivity contribution in [1.29, 1.82) is 0 Å². The van der Waals surface area contributed by atoms with E-state index in [4.69, 9.17) is 10.3 Å². The Morgan fingerprint density at radius 1 is 1.22 bits per heavy atom. The van der Waals surface area contributed by atoms with Crippen molar-refractivity contribution in [2.75, 3.05) is 5.73 Å². The van der Waals surface area contributed by atoms with Crippen molar-refractivity contribution in [1.82, 2.24) is 5.16 Å². The fourth-order valence-electron chi connectivity index (χ4n) is 3.02. The lowest BCUT2D eigenvalue weighted by Crippen LogP contribution is -2.04. The fourth-order valence-corrected chi connectivity index (χ4v) is 3.02. The van der Waals surface area contributed by atoms with Crippen molar-refractivity contribution in [3.05, 3.63) is 36.0 Å². The SMILES string of the molecule is CC1CCCC1c1noc(N)c1-c1ccccc1. The van der Waals surface area contributed by atoms with Gasteiger partial charge in [0.25, 0.3) is 0 Å². The van der Waals surface area contributed by atoms with Gasteiger partial charge in [-0.3, -0.25) is 0 Å². The number of anilines is 1. The van der Waals surface area contributed by atoms with Crippen LogP contribution >= 0.6 is 0 Å². The van der Waals surface area contributed by atoms with Crippen molar-refractivity contribution in [3.8, 4) is 11.1 Å². The van der Waals surface area contributed by atoms with Crippen molar-refractivity contribution >= 4 is 5.88 Å². The van der Waals surface area contributed by atoms with E-state index in [9.17, 15) is 0 Å². The molecule has 0 spiro atoms. The molecule has 0 saturated heterocycles. The van der Waals surface area contributed by atoms with Gasteiger partial charge in [0, 0.05) is 5.92 Å². The zero-order valence-corrected chi connectivity index (χ0v) is 10.6. The summed E-state index contributed by atoms with van der Waals surface area (Å²) in [6, 6.07) is 10.2. The molecule has 1 aliphatic carbocycles. The van der Waals surface area contributed by atoms with Crippen molar-refractivity contribution in [2.45, 2.75) is 32.1 Å². The predicted octanol–water partition coefficient (Wildman–Crippen LogP) is 3.83. The maximum absolute atomic E-state index is 5.96. The Labute approximate surface area is 107 Å². The average Bonchev–Trinajstić information content (AvgIpc) is 2.96. The van der Waals surface area contributed by atoms with Crippen LogP contribution in [0.1, 0.15) is 37.8 Å². The first-order valence-corrected chi connectivity index (χ1v) is 6.58. The monoisotopic (exact) mass is 242 g/mol. The molecule has 2 unspecified atom stereocenters. The highest BCUT2D eigenvalue weighted by Crippen LogP contribution is 2.44. The second kappa shape index (κ2) is 4.48. The Bertz CT molecular complexity index is 533. The first kappa shape index (κ1) is 11.3. The molecule has 0 amide bonds. The summed E-state index contributed by atoms with van der Waals surface area (Å²) in [7, 11) is 0. The van der Waals surface area contributed by atoms with Crippen LogP contribution in [-0.2, 0) is 0 Å². The third-order valence-electron chi connectivity index (χ3n) is 4.02. The summed E-state index contributed by atoms with van der Waals surface area (Å²) in [6.45, 7) is 2.29. The Morgan fingerprint density at radius 3 is 2.67 bits per heavy atom. The Kier molecular flexibility index (Phi) is 2.82. The molecule has 1 heterocycles. The van der Waals surface area contributed by atoms with Gasteiger partial charge in [0.15, 0.2) is 0 Å². The first-order valence-electron chi connectivity index (χ1n) is 6.58. The molecule has 1 aromatic heterocycles. The minimum Gasteiger partial charge on any atom is -0.367 e. The van der Waals surface area contributed by atoms with Crippen LogP contribution in [0.3, 0.4) is 0 Å². The lowest BCUT2D eigenvalue weighted by molar-refractivity contribution is 0.407. The molecular weight excluding hydrogens is 224 g/mol. The summed E-state index contributed by atoms with van der Waals surface area (Å²) in [5, 5.41) is 4.22. The Hall–Kier alpha value is -1.77. The molecule has 3 heteroatoms. The van der Waals surface area contributed by atoms with Gasteiger partial charge in [0.1, 0.15) is 0 Å². The summed E-state index contributed by atoms with van der Waals surface area (Å²) >= 11 is 0. The van der Waals surface area contributed by atoms with Crippen LogP contribution in [0.5, 0.6) is 0 Å². The minimum atomic E-state index is 0.440. The number of hydrogen-bond donors (Lipinski definition) is 1. The molecule has 2 atom stereocenters. The summed E-state index contributed by atoms with van der Waals surface area (Å²) in [6.07, 6.45) is 3.73. The largest absolute Gasteiger partial charge is 0.367 e. The molecule has 1 fully saturated rings. The van der Waals surface area contributed by atoms with Gasteiger partial charge in [0.05, 0.1) is 11.3 Å². The van der Waals surface area contributed by atoms with Crippen molar-refractivity contribution < 1.29 is 4.52 Å². The highest BCUT2D eigenvalue weighted by Gasteiger charge is 2.31. The van der Waals surface area contributed by atoms with E-state index >= 15 is 0 Å². The normalized spacial score (nSPS) is 23.4. The molecule has 1 saturated carbocycles. The molecule has 0 aliphatic heterocycles. The third kappa shape index (κ3) is 1.80. The van der Waals surface area contributed by atoms with Crippen LogP contribution in [0.2, 0.25) is 0 Å². The average molecular weight is 242 g/mol. The number of rotatable bonds is 2. The first-order chi connectivity index (χ1) is 8.77. The molecule has 3 rings (SSSR count). The number of aromatic nitrogens is 1. The number of nitrogen functional groups attached to an aromatic ring is 1. The second-order valence-corrected chi connectivity index (χ2v) is 5.19. The highest BCUT2D eigenvalue weighted by molar-refractivity contribution is 5.75. The van der Waals surface area contributed by atoms with Gasteiger partial charge in [0.2, 0.25) is 5.88 Å². The molecule has 3 nitrogen and oxygen atoms in total. The van der Waals surface area contributed by atoms with E-state index in [0.717, 1.165) is 16.8 Å². The summed E-state index contributed by atoms with van der Waals surface area (Å²) in [5.41, 5.74) is 9.10. The maximum Gasteiger partial charge on any atom is 0.230 e. The maximum atomic E-state index is 5.96. The zero-order chi connectivity index (χ0) is 12.5. The summed E-state index contributed by atoms with van der Waals surface area (Å²) in [4.78, 5) is 0. The van der Waals surface area contributed by atoms with Crippen molar-refractivity contribution in [2.24, 2.45) is 5.92 Å². The Balaban J connectivity index is 2.07. The van der Waals surface area contributed by atoms with E-state index in [0.29, 0.717) is 17.7 Å². The zero-order valence-electron chi connectivity index (χ0n) is 10.6. The van der Waals surface area contributed by atoms with Gasteiger partial charge in [-0.25, -0.2) is 0 Å². The standard InChI is InChI=1S/C15H18N2O/c1-10-6-5-9-12(10)14-13(15(16)18-17-14)11-7-3-2-4-8-11/h2-4,7-8,10,12H,5-6,9,16H2,1H3. The van der Waals surface area contributed by atoms with Gasteiger partial charge in [-0.2, -0.15) is 0 Å². The third-order valence-corrected chi connectivity index (χ3v) is 4.02. The van der Waals surface area contributed by atoms with E-state index in [1.165, 1.54) is 19.3 Å². The quantitative estimate of drug-likeness (QED) is 0.870. The van der Waals surface area contributed by atoms with Crippen LogP contribution in [0, 0.1) is 5.92 Å². The van der Waals surface area contributed by atoms with E-state index < -0.39 is 0 Å². The lowest BCUT2D eigenvalue weighted by atomic mass is 9.90. The highest BCUT2D eigenvalue weighted by atomic mass is 16.5. The van der Waals surface area contributed by atoms with E-state index in [2.05, 4.69) is 24.2 Å². The van der Waals surface area contributed by atoms with Crippen LogP contribution in [0.25, 0.3) is 11.1 Å². The smallest absolute Gasteiger partial charge is 0.230 e. The molecule has 18 heavy (non-hydrogen) atoms. The van der Waals surface area contributed by atoms with E-state index in [1.54, 1.807) is 0 Å². The fraction of sp³-hybridized carbons (Fsp3) is 0.400. The van der Waals surface area contributed by atoms with Crippen molar-refractivity contribution in [3.63, 3.8) is 0 Å². The molecule has 0 radical (unpaired) electrons. The van der Waals surface area contributed by atoms with Crippen LogP contribution < -0.4 is 5.73 Å². The van der Waals surface area contributed by atoms with E-state index in [-0.39, 0.29) is 0 Å². The van der Waals surface area contributed by atoms with Gasteiger partial charge in [-0.1, -0.05) is 55.3 Å². The second-order valence-electron chi connectivity index (χ2n) is 5.19. The van der Waals surface area contributed by atoms with Crippen LogP contribution in [0.4, 0.5) is 5.88 Å². The molecule has 2 N–H and O–H groups in total. The molecule has 1 aromatic carbocycles. The van der Waals surface area contributed by atoms with Crippen LogP contribution in [-0.4, -0.2) is 5.16 Å². The Morgan fingerprint density at radius 2 is 2.00 bits per heavy atom. The van der Waals surface area contributed by atoms with Gasteiger partial charge >= 0.3 is 0 Å². The summed E-state index contributed by atoms with van der Waals surface area (Å²) in [5.74, 6) is 1.59. The molecular formula is C15H18N2O. The van der Waals surface area contributed by atoms with Gasteiger partial charge in [-0.05, 0) is 17.9 Å². The number of benzene rings is 1. The summed E-state index contributed by atoms with van der Waals surface area (Å²) < 4.78 is 5.24. The molecule has 94 valence electrons. The topological polar surface area (TPSA) is 52.0 Å².